The number of halogens is 1. The van der Waals surface area contributed by atoms with Gasteiger partial charge in [-0.15, -0.1) is 11.3 Å². The monoisotopic (exact) mass is 346 g/mol. The lowest BCUT2D eigenvalue weighted by molar-refractivity contribution is 0.221. The van der Waals surface area contributed by atoms with Gasteiger partial charge in [0.1, 0.15) is 5.82 Å². The van der Waals surface area contributed by atoms with Gasteiger partial charge in [-0.25, -0.2) is 4.39 Å². The normalized spacial score (nSPS) is 15.7. The van der Waals surface area contributed by atoms with Crippen molar-refractivity contribution >= 4 is 11.3 Å². The Morgan fingerprint density at radius 1 is 1.12 bits per heavy atom. The third kappa shape index (κ3) is 5.40. The predicted octanol–water partition coefficient (Wildman–Crippen LogP) is 4.60. The summed E-state index contributed by atoms with van der Waals surface area (Å²) in [5, 5.41) is 5.78. The van der Waals surface area contributed by atoms with Crippen LogP contribution in [0.25, 0.3) is 0 Å². The minimum atomic E-state index is -0.0851. The maximum atomic E-state index is 13.5. The summed E-state index contributed by atoms with van der Waals surface area (Å²) in [7, 11) is 0. The van der Waals surface area contributed by atoms with Gasteiger partial charge in [-0.05, 0) is 74.0 Å². The summed E-state index contributed by atoms with van der Waals surface area (Å²) < 4.78 is 13.5. The molecule has 0 spiro atoms. The quantitative estimate of drug-likeness (QED) is 0.703. The first-order valence-electron chi connectivity index (χ1n) is 9.04. The summed E-state index contributed by atoms with van der Waals surface area (Å²) in [6.07, 6.45) is 5.85. The van der Waals surface area contributed by atoms with Crippen LogP contribution in [-0.4, -0.2) is 24.5 Å². The van der Waals surface area contributed by atoms with Crippen molar-refractivity contribution in [3.63, 3.8) is 0 Å². The first-order valence-corrected chi connectivity index (χ1v) is 9.92. The molecule has 1 aromatic heterocycles. The number of likely N-dealkylation sites (tertiary alicyclic amines) is 1. The highest BCUT2D eigenvalue weighted by Crippen LogP contribution is 2.18. The molecule has 2 nitrogen and oxygen atoms in total. The second kappa shape index (κ2) is 9.30. The molecule has 0 amide bonds. The zero-order valence-corrected chi connectivity index (χ0v) is 15.1. The number of hydrogen-bond donors (Lipinski definition) is 1. The number of aryl methyl sites for hydroxylation is 1. The van der Waals surface area contributed by atoms with Crippen molar-refractivity contribution in [3.05, 3.63) is 57.5 Å². The molecule has 0 aliphatic carbocycles. The molecule has 0 saturated carbocycles. The molecule has 1 fully saturated rings. The predicted molar refractivity (Wildman–Crippen MR) is 99.9 cm³/mol. The van der Waals surface area contributed by atoms with E-state index in [1.807, 2.05) is 23.5 Å². The van der Waals surface area contributed by atoms with Crippen molar-refractivity contribution in [3.8, 4) is 0 Å². The topological polar surface area (TPSA) is 15.3 Å². The Bertz CT molecular complexity index is 620. The number of thiophene rings is 1. The third-order valence-corrected chi connectivity index (χ3v) is 5.61. The molecule has 0 atom stereocenters. The van der Waals surface area contributed by atoms with Gasteiger partial charge >= 0.3 is 0 Å². The van der Waals surface area contributed by atoms with Gasteiger partial charge in [0.2, 0.25) is 0 Å². The van der Waals surface area contributed by atoms with E-state index in [2.05, 4.69) is 21.7 Å². The van der Waals surface area contributed by atoms with E-state index in [0.29, 0.717) is 0 Å². The fraction of sp³-hybridized carbons (Fsp3) is 0.500. The zero-order chi connectivity index (χ0) is 16.6. The van der Waals surface area contributed by atoms with Crippen molar-refractivity contribution in [1.82, 2.24) is 10.2 Å². The van der Waals surface area contributed by atoms with Crippen molar-refractivity contribution in [1.29, 1.82) is 0 Å². The summed E-state index contributed by atoms with van der Waals surface area (Å²) in [5.74, 6) is -0.0851. The van der Waals surface area contributed by atoms with Crippen LogP contribution in [0, 0.1) is 5.82 Å². The van der Waals surface area contributed by atoms with E-state index in [1.165, 1.54) is 48.9 Å². The van der Waals surface area contributed by atoms with Crippen molar-refractivity contribution in [2.45, 2.75) is 45.2 Å². The van der Waals surface area contributed by atoms with E-state index in [0.717, 1.165) is 38.0 Å². The van der Waals surface area contributed by atoms with Crippen LogP contribution in [0.4, 0.5) is 4.39 Å². The summed E-state index contributed by atoms with van der Waals surface area (Å²) >= 11 is 1.85. The smallest absolute Gasteiger partial charge is 0.126 e. The maximum Gasteiger partial charge on any atom is 0.126 e. The van der Waals surface area contributed by atoms with Crippen LogP contribution in [-0.2, 0) is 19.5 Å². The molecule has 1 N–H and O–H groups in total. The van der Waals surface area contributed by atoms with Gasteiger partial charge in [0.25, 0.3) is 0 Å². The first kappa shape index (κ1) is 17.6. The number of benzene rings is 1. The number of rotatable bonds is 8. The molecule has 2 aromatic rings. The van der Waals surface area contributed by atoms with Crippen LogP contribution in [0.15, 0.2) is 35.7 Å². The summed E-state index contributed by atoms with van der Waals surface area (Å²) in [4.78, 5) is 3.96. The Hall–Kier alpha value is -1.23. The van der Waals surface area contributed by atoms with E-state index in [9.17, 15) is 4.39 Å². The van der Waals surface area contributed by atoms with Crippen LogP contribution >= 0.6 is 11.3 Å². The highest BCUT2D eigenvalue weighted by atomic mass is 32.1. The lowest BCUT2D eigenvalue weighted by Gasteiger charge is -2.25. The van der Waals surface area contributed by atoms with E-state index in [1.54, 1.807) is 6.07 Å². The van der Waals surface area contributed by atoms with E-state index < -0.39 is 0 Å². The van der Waals surface area contributed by atoms with Gasteiger partial charge in [-0.1, -0.05) is 24.6 Å². The Balaban J connectivity index is 1.34. The highest BCUT2D eigenvalue weighted by molar-refractivity contribution is 7.10. The minimum Gasteiger partial charge on any atom is -0.312 e. The largest absolute Gasteiger partial charge is 0.312 e. The molecule has 1 saturated heterocycles. The Morgan fingerprint density at radius 2 is 1.96 bits per heavy atom. The molecule has 1 aromatic carbocycles. The molecule has 24 heavy (non-hydrogen) atoms. The lowest BCUT2D eigenvalue weighted by Crippen LogP contribution is -2.28. The van der Waals surface area contributed by atoms with Crippen LogP contribution in [0.3, 0.4) is 0 Å². The molecule has 1 aliphatic rings. The van der Waals surface area contributed by atoms with E-state index in [-0.39, 0.29) is 5.82 Å². The van der Waals surface area contributed by atoms with Crippen molar-refractivity contribution in [2.24, 2.45) is 0 Å². The second-order valence-corrected chi connectivity index (χ2v) is 7.63. The lowest BCUT2D eigenvalue weighted by atomic mass is 10.1. The Kier molecular flexibility index (Phi) is 6.82. The molecule has 130 valence electrons. The Labute approximate surface area is 148 Å². The second-order valence-electron chi connectivity index (χ2n) is 6.63. The summed E-state index contributed by atoms with van der Waals surface area (Å²) in [5.41, 5.74) is 2.27. The van der Waals surface area contributed by atoms with E-state index in [4.69, 9.17) is 0 Å². The maximum absolute atomic E-state index is 13.5. The molecule has 0 unspecified atom stereocenters. The van der Waals surface area contributed by atoms with Crippen molar-refractivity contribution < 1.29 is 4.39 Å². The van der Waals surface area contributed by atoms with E-state index >= 15 is 0 Å². The summed E-state index contributed by atoms with van der Waals surface area (Å²) in [6, 6.07) is 9.40. The minimum absolute atomic E-state index is 0.0851. The van der Waals surface area contributed by atoms with Gasteiger partial charge < -0.3 is 5.32 Å². The number of nitrogens with one attached hydrogen (secondary N) is 1. The van der Waals surface area contributed by atoms with Gasteiger partial charge in [0.15, 0.2) is 0 Å². The van der Waals surface area contributed by atoms with Gasteiger partial charge in [0, 0.05) is 18.0 Å². The van der Waals surface area contributed by atoms with Gasteiger partial charge in [-0.2, -0.15) is 0 Å². The van der Waals surface area contributed by atoms with Crippen LogP contribution in [0.1, 0.15) is 41.7 Å². The third-order valence-electron chi connectivity index (χ3n) is 4.62. The number of piperidine rings is 1. The molecule has 0 radical (unpaired) electrons. The molecule has 0 bridgehead atoms. The van der Waals surface area contributed by atoms with Gasteiger partial charge in [0.05, 0.1) is 0 Å². The highest BCUT2D eigenvalue weighted by Gasteiger charge is 2.11. The fourth-order valence-corrected chi connectivity index (χ4v) is 4.14. The number of hydrogen-bond acceptors (Lipinski definition) is 3. The first-order chi connectivity index (χ1) is 11.8. The van der Waals surface area contributed by atoms with Crippen LogP contribution in [0.5, 0.6) is 0 Å². The molecule has 3 rings (SSSR count). The Morgan fingerprint density at radius 3 is 2.79 bits per heavy atom. The SMILES string of the molecule is Fc1ccccc1CCCNCc1cc(CN2CCCCC2)cs1. The number of nitrogens with zero attached hydrogens (tertiary/aromatic N) is 1. The van der Waals surface area contributed by atoms with Crippen LogP contribution < -0.4 is 5.32 Å². The zero-order valence-electron chi connectivity index (χ0n) is 14.3. The average molecular weight is 347 g/mol. The summed E-state index contributed by atoms with van der Waals surface area (Å²) in [6.45, 7) is 5.44. The molecule has 1 aliphatic heterocycles. The molecular formula is C20H27FN2S. The average Bonchev–Trinajstić information content (AvgIpc) is 3.04. The molecule has 4 heteroatoms. The van der Waals surface area contributed by atoms with Crippen LogP contribution in [0.2, 0.25) is 0 Å². The molecular weight excluding hydrogens is 319 g/mol. The van der Waals surface area contributed by atoms with Gasteiger partial charge in [-0.3, -0.25) is 4.90 Å². The fourth-order valence-electron chi connectivity index (χ4n) is 3.29. The standard InChI is InChI=1S/C20H27FN2S/c21-20-9-3-2-7-18(20)8-6-10-22-14-19-13-17(16-24-19)15-23-11-4-1-5-12-23/h2-3,7,9,13,16,22H,1,4-6,8,10-12,14-15H2. The molecule has 2 heterocycles. The van der Waals surface area contributed by atoms with Crippen molar-refractivity contribution in [2.75, 3.05) is 19.6 Å².